The minimum Gasteiger partial charge on any atom is -0.465 e. The van der Waals surface area contributed by atoms with Crippen molar-refractivity contribution in [2.45, 2.75) is 45.2 Å². The van der Waals surface area contributed by atoms with Crippen LogP contribution in [0.3, 0.4) is 0 Å². The van der Waals surface area contributed by atoms with E-state index in [1.807, 2.05) is 43.7 Å². The van der Waals surface area contributed by atoms with Gasteiger partial charge in [-0.25, -0.2) is 14.8 Å². The van der Waals surface area contributed by atoms with Gasteiger partial charge in [0.15, 0.2) is 11.5 Å². The number of methoxy groups -OCH3 is 1. The number of benzene rings is 2. The van der Waals surface area contributed by atoms with Crippen LogP contribution in [-0.4, -0.2) is 55.2 Å². The second-order valence-electron chi connectivity index (χ2n) is 12.3. The Kier molecular flexibility index (Phi) is 7.00. The molecule has 2 aliphatic heterocycles. The lowest BCUT2D eigenvalue weighted by molar-refractivity contribution is -0.0721. The molecule has 0 amide bonds. The number of carbonyl (C=O) groups is 1. The molecule has 5 aromatic rings. The van der Waals surface area contributed by atoms with Crippen molar-refractivity contribution in [1.29, 1.82) is 0 Å². The fourth-order valence-corrected chi connectivity index (χ4v) is 7.62. The summed E-state index contributed by atoms with van der Waals surface area (Å²) in [6.45, 7) is 7.87. The van der Waals surface area contributed by atoms with E-state index in [2.05, 4.69) is 37.0 Å². The predicted octanol–water partition coefficient (Wildman–Crippen LogP) is 6.28. The summed E-state index contributed by atoms with van der Waals surface area (Å²) in [7, 11) is 1.37. The van der Waals surface area contributed by atoms with Crippen molar-refractivity contribution in [3.8, 4) is 11.5 Å². The van der Waals surface area contributed by atoms with Gasteiger partial charge >= 0.3 is 5.97 Å². The van der Waals surface area contributed by atoms with E-state index in [-0.39, 0.29) is 0 Å². The van der Waals surface area contributed by atoms with Gasteiger partial charge in [-0.2, -0.15) is 0 Å². The molecule has 2 unspecified atom stereocenters. The first-order valence-electron chi connectivity index (χ1n) is 15.4. The van der Waals surface area contributed by atoms with Crippen LogP contribution in [0.25, 0.3) is 11.0 Å². The molecule has 0 spiro atoms. The summed E-state index contributed by atoms with van der Waals surface area (Å²) in [5, 5.41) is 0.989. The zero-order chi connectivity index (χ0) is 31.7. The number of hydrogen-bond acceptors (Lipinski definition) is 8. The molecule has 2 aromatic carbocycles. The maximum Gasteiger partial charge on any atom is 0.337 e. The van der Waals surface area contributed by atoms with Gasteiger partial charge in [-0.3, -0.25) is 9.88 Å². The fraction of sp³-hybridized carbons (Fsp3) is 0.353. The minimum atomic E-state index is -1.01. The first-order chi connectivity index (χ1) is 22.3. The summed E-state index contributed by atoms with van der Waals surface area (Å²) < 4.78 is 22.1. The second kappa shape index (κ2) is 11.0. The fourth-order valence-electron chi connectivity index (χ4n) is 7.25. The Labute approximate surface area is 275 Å². The van der Waals surface area contributed by atoms with Crippen LogP contribution >= 0.6 is 23.2 Å². The number of esters is 1. The third kappa shape index (κ3) is 4.82. The number of nitrogens with zero attached hydrogens (tertiary/aromatic N) is 6. The Hall–Kier alpha value is -4.12. The molecule has 46 heavy (non-hydrogen) atoms. The maximum atomic E-state index is 12.4. The number of aromatic nitrogens is 5. The topological polar surface area (TPSA) is 96.5 Å². The molecule has 12 heteroatoms. The molecule has 236 valence electrons. The number of halogens is 2. The number of fused-ring (bicyclic) bond motifs is 3. The van der Waals surface area contributed by atoms with Gasteiger partial charge in [-0.05, 0) is 55.0 Å². The average Bonchev–Trinajstić information content (AvgIpc) is 3.54. The Morgan fingerprint density at radius 2 is 1.91 bits per heavy atom. The average molecular weight is 660 g/mol. The van der Waals surface area contributed by atoms with Crippen LogP contribution in [0.15, 0.2) is 61.2 Å². The molecule has 0 radical (unpaired) electrons. The minimum absolute atomic E-state index is 0.394. The highest BCUT2D eigenvalue weighted by Gasteiger charge is 2.58. The molecule has 0 N–H and O–H groups in total. The van der Waals surface area contributed by atoms with Crippen molar-refractivity contribution >= 4 is 40.2 Å². The molecular weight excluding hydrogens is 627 g/mol. The molecule has 3 aromatic heterocycles. The number of ether oxygens (including phenoxy) is 3. The van der Waals surface area contributed by atoms with Gasteiger partial charge in [0.2, 0.25) is 0 Å². The number of imidazole rings is 2. The molecule has 2 fully saturated rings. The number of para-hydroxylation sites is 1. The smallest absolute Gasteiger partial charge is 0.337 e. The molecule has 1 saturated carbocycles. The summed E-state index contributed by atoms with van der Waals surface area (Å²) in [6, 6.07) is 13.2. The monoisotopic (exact) mass is 658 g/mol. The first kappa shape index (κ1) is 29.3. The zero-order valence-corrected chi connectivity index (χ0v) is 27.1. The maximum absolute atomic E-state index is 12.4. The Balaban J connectivity index is 1.04. The van der Waals surface area contributed by atoms with E-state index in [0.717, 1.165) is 48.2 Å². The number of carbonyl (C=O) groups excluding carboxylic acids is 1. The van der Waals surface area contributed by atoms with Crippen molar-refractivity contribution in [3.63, 3.8) is 0 Å². The summed E-state index contributed by atoms with van der Waals surface area (Å²) in [6.07, 6.45) is 5.31. The number of pyridine rings is 1. The lowest BCUT2D eigenvalue weighted by Crippen LogP contribution is -2.32. The van der Waals surface area contributed by atoms with Gasteiger partial charge < -0.3 is 23.3 Å². The highest BCUT2D eigenvalue weighted by Crippen LogP contribution is 2.62. The molecule has 1 saturated heterocycles. The number of likely N-dealkylation sites (tertiary alicyclic amines) is 1. The Bertz CT molecular complexity index is 1980. The van der Waals surface area contributed by atoms with E-state index in [9.17, 15) is 4.79 Å². The number of hydrogen-bond donors (Lipinski definition) is 0. The van der Waals surface area contributed by atoms with Crippen molar-refractivity contribution in [2.75, 3.05) is 20.2 Å². The molecule has 5 heterocycles. The number of aryl methyl sites for hydroxylation is 1. The lowest BCUT2D eigenvalue weighted by Gasteiger charge is -2.23. The quantitative estimate of drug-likeness (QED) is 0.180. The Morgan fingerprint density at radius 3 is 2.65 bits per heavy atom. The van der Waals surface area contributed by atoms with Crippen LogP contribution in [-0.2, 0) is 30.2 Å². The summed E-state index contributed by atoms with van der Waals surface area (Å²) in [4.78, 5) is 28.7. The van der Waals surface area contributed by atoms with Crippen molar-refractivity contribution in [2.24, 2.45) is 11.8 Å². The van der Waals surface area contributed by atoms with Crippen LogP contribution in [0.4, 0.5) is 0 Å². The third-order valence-corrected chi connectivity index (χ3v) is 10.1. The van der Waals surface area contributed by atoms with Gasteiger partial charge in [-0.15, -0.1) is 0 Å². The van der Waals surface area contributed by atoms with Gasteiger partial charge in [0, 0.05) is 44.5 Å². The zero-order valence-electron chi connectivity index (χ0n) is 25.6. The standard InChI is InChI=1S/C34H32Cl2N6O4/c1-4-41-18-37-13-21(41)14-42-26-11-19(33(43)44-3)10-25(36)31(26)39-29(42)17-40-15-23-24(16-40)30(23)22-6-5-7-27-32(22)46-34(2,45-27)28-9-8-20(35)12-38-28/h5-13,18,23-24,30H,4,14-17H2,1-3H3/t23-,24+,30?,34?. The Morgan fingerprint density at radius 1 is 1.09 bits per heavy atom. The normalized spacial score (nSPS) is 23.2. The molecule has 0 bridgehead atoms. The van der Waals surface area contributed by atoms with E-state index in [1.165, 1.54) is 12.7 Å². The van der Waals surface area contributed by atoms with Crippen LogP contribution < -0.4 is 9.47 Å². The molecule has 1 aliphatic carbocycles. The van der Waals surface area contributed by atoms with E-state index >= 15 is 0 Å². The highest BCUT2D eigenvalue weighted by molar-refractivity contribution is 6.35. The van der Waals surface area contributed by atoms with E-state index in [1.54, 1.807) is 18.3 Å². The summed E-state index contributed by atoms with van der Waals surface area (Å²) in [5.41, 5.74) is 4.77. The van der Waals surface area contributed by atoms with E-state index < -0.39 is 11.8 Å². The van der Waals surface area contributed by atoms with E-state index in [4.69, 9.17) is 42.4 Å². The van der Waals surface area contributed by atoms with Gasteiger partial charge in [-0.1, -0.05) is 35.3 Å². The second-order valence-corrected chi connectivity index (χ2v) is 13.2. The van der Waals surface area contributed by atoms with Gasteiger partial charge in [0.25, 0.3) is 5.79 Å². The van der Waals surface area contributed by atoms with Gasteiger partial charge in [0.1, 0.15) is 17.0 Å². The molecule has 3 aliphatic rings. The van der Waals surface area contributed by atoms with Crippen molar-refractivity contribution in [1.82, 2.24) is 29.0 Å². The highest BCUT2D eigenvalue weighted by atomic mass is 35.5. The molecule has 10 nitrogen and oxygen atoms in total. The SMILES string of the molecule is CCn1cncc1Cn1c(CN2C[C@@H]3C(c4cccc5c4OC(C)(c4ccc(Cl)cn4)O5)[C@@H]3C2)nc2c(Cl)cc(C(=O)OC)cc21. The molecular formula is C34H32Cl2N6O4. The summed E-state index contributed by atoms with van der Waals surface area (Å²) >= 11 is 12.8. The van der Waals surface area contributed by atoms with Crippen LogP contribution in [0.1, 0.15) is 52.9 Å². The first-order valence-corrected chi connectivity index (χ1v) is 16.1. The number of rotatable bonds is 8. The lowest BCUT2D eigenvalue weighted by atomic mass is 10.0. The third-order valence-electron chi connectivity index (χ3n) is 9.56. The van der Waals surface area contributed by atoms with Crippen molar-refractivity contribution < 1.29 is 19.0 Å². The van der Waals surface area contributed by atoms with Crippen LogP contribution in [0, 0.1) is 11.8 Å². The van der Waals surface area contributed by atoms with Crippen LogP contribution in [0.5, 0.6) is 11.5 Å². The summed E-state index contributed by atoms with van der Waals surface area (Å²) in [5.74, 6) is 2.39. The van der Waals surface area contributed by atoms with Crippen LogP contribution in [0.2, 0.25) is 10.0 Å². The molecule has 4 atom stereocenters. The van der Waals surface area contributed by atoms with Gasteiger partial charge in [0.05, 0.1) is 53.3 Å². The predicted molar refractivity (Wildman–Crippen MR) is 172 cm³/mol. The molecule has 8 rings (SSSR count). The van der Waals surface area contributed by atoms with Crippen molar-refractivity contribution in [3.05, 3.63) is 99.6 Å². The number of piperidine rings is 1. The largest absolute Gasteiger partial charge is 0.465 e. The van der Waals surface area contributed by atoms with E-state index in [0.29, 0.717) is 57.7 Å².